The fourth-order valence-electron chi connectivity index (χ4n) is 2.95. The lowest BCUT2D eigenvalue weighted by atomic mass is 9.88. The van der Waals surface area contributed by atoms with Gasteiger partial charge in [0.2, 0.25) is 0 Å². The quantitative estimate of drug-likeness (QED) is 0.917. The van der Waals surface area contributed by atoms with Gasteiger partial charge in [0.05, 0.1) is 12.8 Å². The van der Waals surface area contributed by atoms with Crippen LogP contribution in [-0.2, 0) is 0 Å². The first-order chi connectivity index (χ1) is 9.55. The van der Waals surface area contributed by atoms with Gasteiger partial charge in [0.1, 0.15) is 5.75 Å². The molecule has 0 radical (unpaired) electrons. The number of methoxy groups -OCH3 is 1. The Morgan fingerprint density at radius 2 is 2.10 bits per heavy atom. The van der Waals surface area contributed by atoms with Gasteiger partial charge in [0.15, 0.2) is 0 Å². The van der Waals surface area contributed by atoms with Crippen LogP contribution in [0.15, 0.2) is 18.2 Å². The summed E-state index contributed by atoms with van der Waals surface area (Å²) in [6.45, 7) is 8.71. The number of ether oxygens (including phenoxy) is 1. The van der Waals surface area contributed by atoms with Gasteiger partial charge in [-0.2, -0.15) is 0 Å². The van der Waals surface area contributed by atoms with E-state index in [0.717, 1.165) is 42.4 Å². The van der Waals surface area contributed by atoms with Gasteiger partial charge in [0.25, 0.3) is 0 Å². The highest BCUT2D eigenvalue weighted by Crippen LogP contribution is 2.35. The number of piperazine rings is 1. The number of benzene rings is 1. The van der Waals surface area contributed by atoms with Gasteiger partial charge in [0, 0.05) is 29.7 Å². The van der Waals surface area contributed by atoms with Gasteiger partial charge in [-0.05, 0) is 38.0 Å². The Balaban J connectivity index is 2.36. The minimum absolute atomic E-state index is 0.180. The predicted octanol–water partition coefficient (Wildman–Crippen LogP) is 3.71. The molecule has 0 spiro atoms. The summed E-state index contributed by atoms with van der Waals surface area (Å²) >= 11 is 6.18. The largest absolute Gasteiger partial charge is 0.495 e. The lowest BCUT2D eigenvalue weighted by Crippen LogP contribution is -2.63. The van der Waals surface area contributed by atoms with Gasteiger partial charge in [-0.25, -0.2) is 0 Å². The molecular weight excluding hydrogens is 272 g/mol. The first kappa shape index (κ1) is 15.5. The van der Waals surface area contributed by atoms with E-state index in [0.29, 0.717) is 6.04 Å². The molecule has 1 N–H and O–H groups in total. The van der Waals surface area contributed by atoms with Crippen LogP contribution in [0.4, 0.5) is 5.69 Å². The van der Waals surface area contributed by atoms with Crippen molar-refractivity contribution in [3.63, 3.8) is 0 Å². The molecule has 1 saturated heterocycles. The van der Waals surface area contributed by atoms with Crippen molar-refractivity contribution < 1.29 is 4.74 Å². The average Bonchev–Trinajstić information content (AvgIpc) is 2.48. The number of nitrogens with one attached hydrogen (secondary N) is 1. The zero-order valence-electron chi connectivity index (χ0n) is 12.9. The van der Waals surface area contributed by atoms with E-state index in [1.165, 1.54) is 0 Å². The highest BCUT2D eigenvalue weighted by atomic mass is 35.5. The van der Waals surface area contributed by atoms with E-state index in [1.807, 2.05) is 18.2 Å². The Labute approximate surface area is 127 Å². The molecule has 0 saturated carbocycles. The number of nitrogens with zero attached hydrogens (tertiary/aromatic N) is 1. The minimum Gasteiger partial charge on any atom is -0.495 e. The molecule has 4 heteroatoms. The van der Waals surface area contributed by atoms with Crippen LogP contribution in [0.1, 0.15) is 33.6 Å². The molecular formula is C16H25ClN2O. The van der Waals surface area contributed by atoms with E-state index in [9.17, 15) is 0 Å². The highest BCUT2D eigenvalue weighted by molar-refractivity contribution is 6.30. The van der Waals surface area contributed by atoms with Gasteiger partial charge < -0.3 is 15.0 Å². The van der Waals surface area contributed by atoms with Crippen LogP contribution >= 0.6 is 11.6 Å². The molecule has 1 aliphatic heterocycles. The molecule has 0 bridgehead atoms. The van der Waals surface area contributed by atoms with E-state index in [1.54, 1.807) is 7.11 Å². The maximum atomic E-state index is 6.18. The van der Waals surface area contributed by atoms with Crippen molar-refractivity contribution in [1.82, 2.24) is 5.32 Å². The summed E-state index contributed by atoms with van der Waals surface area (Å²) in [5.41, 5.74) is 1.28. The van der Waals surface area contributed by atoms with E-state index in [4.69, 9.17) is 16.3 Å². The molecule has 0 amide bonds. The number of rotatable bonds is 4. The molecule has 1 aromatic carbocycles. The van der Waals surface area contributed by atoms with Gasteiger partial charge in [-0.1, -0.05) is 25.4 Å². The Hall–Kier alpha value is -0.930. The monoisotopic (exact) mass is 296 g/mol. The molecule has 1 heterocycles. The average molecular weight is 297 g/mol. The molecule has 1 atom stereocenters. The number of halogens is 1. The molecule has 1 unspecified atom stereocenters. The first-order valence-electron chi connectivity index (χ1n) is 7.40. The van der Waals surface area contributed by atoms with E-state index in [2.05, 4.69) is 31.0 Å². The molecule has 1 fully saturated rings. The Bertz CT molecular complexity index is 460. The van der Waals surface area contributed by atoms with Crippen LogP contribution in [0.5, 0.6) is 5.75 Å². The second-order valence-corrected chi connectivity index (χ2v) is 6.10. The van der Waals surface area contributed by atoms with Crippen molar-refractivity contribution in [2.24, 2.45) is 0 Å². The Morgan fingerprint density at radius 3 is 2.70 bits per heavy atom. The van der Waals surface area contributed by atoms with Crippen LogP contribution in [0.3, 0.4) is 0 Å². The van der Waals surface area contributed by atoms with Crippen molar-refractivity contribution >= 4 is 17.3 Å². The summed E-state index contributed by atoms with van der Waals surface area (Å²) in [4.78, 5) is 2.42. The minimum atomic E-state index is 0.180. The molecule has 2 rings (SSSR count). The van der Waals surface area contributed by atoms with Crippen molar-refractivity contribution in [2.75, 3.05) is 25.1 Å². The summed E-state index contributed by atoms with van der Waals surface area (Å²) in [5, 5.41) is 4.47. The van der Waals surface area contributed by atoms with Crippen molar-refractivity contribution in [3.05, 3.63) is 23.2 Å². The zero-order valence-corrected chi connectivity index (χ0v) is 13.6. The second kappa shape index (κ2) is 6.23. The van der Waals surface area contributed by atoms with Gasteiger partial charge in [-0.3, -0.25) is 0 Å². The fourth-order valence-corrected chi connectivity index (χ4v) is 3.11. The fraction of sp³-hybridized carbons (Fsp3) is 0.625. The SMILES string of the molecule is CCC1(CC)CN(c2cc(Cl)ccc2OC)C(C)CN1. The Kier molecular flexibility index (Phi) is 4.82. The van der Waals surface area contributed by atoms with Gasteiger partial charge in [-0.15, -0.1) is 0 Å². The maximum Gasteiger partial charge on any atom is 0.142 e. The molecule has 0 aliphatic carbocycles. The number of hydrogen-bond donors (Lipinski definition) is 1. The molecule has 0 aromatic heterocycles. The van der Waals surface area contributed by atoms with Crippen molar-refractivity contribution in [1.29, 1.82) is 0 Å². The smallest absolute Gasteiger partial charge is 0.142 e. The van der Waals surface area contributed by atoms with Crippen LogP contribution in [0.25, 0.3) is 0 Å². The van der Waals surface area contributed by atoms with Crippen LogP contribution in [0.2, 0.25) is 5.02 Å². The molecule has 112 valence electrons. The van der Waals surface area contributed by atoms with E-state index < -0.39 is 0 Å². The van der Waals surface area contributed by atoms with E-state index >= 15 is 0 Å². The highest BCUT2D eigenvalue weighted by Gasteiger charge is 2.36. The van der Waals surface area contributed by atoms with Crippen LogP contribution < -0.4 is 15.0 Å². The van der Waals surface area contributed by atoms with Crippen LogP contribution in [0, 0.1) is 0 Å². The van der Waals surface area contributed by atoms with E-state index in [-0.39, 0.29) is 5.54 Å². The third kappa shape index (κ3) is 2.89. The summed E-state index contributed by atoms with van der Waals surface area (Å²) in [7, 11) is 1.71. The van der Waals surface area contributed by atoms with Gasteiger partial charge >= 0.3 is 0 Å². The molecule has 3 nitrogen and oxygen atoms in total. The summed E-state index contributed by atoms with van der Waals surface area (Å²) in [6.07, 6.45) is 2.24. The van der Waals surface area contributed by atoms with Crippen LogP contribution in [-0.4, -0.2) is 31.8 Å². The Morgan fingerprint density at radius 1 is 1.40 bits per heavy atom. The summed E-state index contributed by atoms with van der Waals surface area (Å²) in [5.74, 6) is 0.893. The standard InChI is InChI=1S/C16H25ClN2O/c1-5-16(6-2)11-19(12(3)10-18-16)14-9-13(17)7-8-15(14)20-4/h7-9,12,18H,5-6,10-11H2,1-4H3. The van der Waals surface area contributed by atoms with Crippen molar-refractivity contribution in [3.8, 4) is 5.75 Å². The summed E-state index contributed by atoms with van der Waals surface area (Å²) < 4.78 is 5.52. The normalized spacial score (nSPS) is 21.9. The zero-order chi connectivity index (χ0) is 14.8. The number of anilines is 1. The third-order valence-corrected chi connectivity index (χ3v) is 4.82. The number of hydrogen-bond acceptors (Lipinski definition) is 3. The first-order valence-corrected chi connectivity index (χ1v) is 7.78. The molecule has 1 aromatic rings. The molecule has 20 heavy (non-hydrogen) atoms. The topological polar surface area (TPSA) is 24.5 Å². The maximum absolute atomic E-state index is 6.18. The predicted molar refractivity (Wildman–Crippen MR) is 86.1 cm³/mol. The van der Waals surface area contributed by atoms with Crippen molar-refractivity contribution in [2.45, 2.75) is 45.2 Å². The molecule has 1 aliphatic rings. The lowest BCUT2D eigenvalue weighted by Gasteiger charge is -2.48. The lowest BCUT2D eigenvalue weighted by molar-refractivity contribution is 0.252. The second-order valence-electron chi connectivity index (χ2n) is 5.66. The summed E-state index contributed by atoms with van der Waals surface area (Å²) in [6, 6.07) is 6.27. The third-order valence-electron chi connectivity index (χ3n) is 4.58.